The van der Waals surface area contributed by atoms with Gasteiger partial charge in [0, 0.05) is 36.8 Å². The zero-order valence-corrected chi connectivity index (χ0v) is 13.4. The highest BCUT2D eigenvalue weighted by Crippen LogP contribution is 2.20. The van der Waals surface area contributed by atoms with Gasteiger partial charge in [-0.2, -0.15) is 5.10 Å². The van der Waals surface area contributed by atoms with Crippen molar-refractivity contribution in [2.24, 2.45) is 10.7 Å². The maximum atomic E-state index is 5.65. The third-order valence-electron chi connectivity index (χ3n) is 3.37. The van der Waals surface area contributed by atoms with Crippen molar-refractivity contribution in [1.82, 2.24) is 20.2 Å². The predicted molar refractivity (Wildman–Crippen MR) is 96.2 cm³/mol. The second-order valence-electron chi connectivity index (χ2n) is 5.21. The molecule has 3 aromatic heterocycles. The maximum Gasteiger partial charge on any atom is 0.154 e. The smallest absolute Gasteiger partial charge is 0.154 e. The van der Waals surface area contributed by atoms with Gasteiger partial charge in [-0.3, -0.25) is 9.98 Å². The maximum absolute atomic E-state index is 5.65. The van der Waals surface area contributed by atoms with Crippen molar-refractivity contribution < 1.29 is 0 Å². The Bertz CT molecular complexity index is 931. The van der Waals surface area contributed by atoms with Crippen LogP contribution in [0.1, 0.15) is 11.1 Å². The third kappa shape index (κ3) is 3.35. The van der Waals surface area contributed by atoms with Gasteiger partial charge in [-0.1, -0.05) is 0 Å². The Balaban J connectivity index is 1.97. The van der Waals surface area contributed by atoms with E-state index < -0.39 is 0 Å². The van der Waals surface area contributed by atoms with E-state index in [2.05, 4.69) is 30.5 Å². The first kappa shape index (κ1) is 15.5. The van der Waals surface area contributed by atoms with E-state index in [-0.39, 0.29) is 0 Å². The normalized spacial score (nSPS) is 12.0. The van der Waals surface area contributed by atoms with Crippen LogP contribution in [0.25, 0.3) is 16.6 Å². The van der Waals surface area contributed by atoms with Gasteiger partial charge in [0.05, 0.1) is 17.2 Å². The van der Waals surface area contributed by atoms with Gasteiger partial charge in [-0.25, -0.2) is 4.98 Å². The highest BCUT2D eigenvalue weighted by molar-refractivity contribution is 6.10. The molecule has 0 unspecified atom stereocenters. The van der Waals surface area contributed by atoms with Crippen LogP contribution in [0.4, 0.5) is 11.6 Å². The molecule has 24 heavy (non-hydrogen) atoms. The number of hydrogen-bond acceptors (Lipinski definition) is 7. The molecular weight excluding hydrogens is 302 g/mol. The summed E-state index contributed by atoms with van der Waals surface area (Å²) in [5.74, 6) is 1.32. The van der Waals surface area contributed by atoms with E-state index in [0.29, 0.717) is 11.6 Å². The lowest BCUT2D eigenvalue weighted by molar-refractivity contribution is 1.02. The molecule has 0 radical (unpaired) electrons. The van der Waals surface area contributed by atoms with Gasteiger partial charge in [-0.15, -0.1) is 5.10 Å². The van der Waals surface area contributed by atoms with E-state index in [1.54, 1.807) is 25.7 Å². The summed E-state index contributed by atoms with van der Waals surface area (Å²) >= 11 is 0. The number of aromatic nitrogens is 4. The second kappa shape index (κ2) is 6.82. The van der Waals surface area contributed by atoms with Crippen LogP contribution >= 0.6 is 0 Å². The Morgan fingerprint density at radius 1 is 1.17 bits per heavy atom. The molecule has 7 heteroatoms. The number of aryl methyl sites for hydroxylation is 1. The molecule has 3 rings (SSSR count). The van der Waals surface area contributed by atoms with Crippen LogP contribution < -0.4 is 11.1 Å². The molecule has 120 valence electrons. The zero-order valence-electron chi connectivity index (χ0n) is 13.4. The number of aliphatic imine (C=N–C) groups is 1. The zero-order chi connectivity index (χ0) is 16.9. The fourth-order valence-corrected chi connectivity index (χ4v) is 2.24. The van der Waals surface area contributed by atoms with Crippen molar-refractivity contribution in [2.45, 2.75) is 6.92 Å². The number of nitrogens with one attached hydrogen (secondary N) is 1. The molecule has 3 aromatic rings. The number of nitrogens with two attached hydrogens (primary N) is 1. The molecule has 3 heterocycles. The fraction of sp³-hybridized carbons (Fsp3) is 0.118. The van der Waals surface area contributed by atoms with E-state index in [0.717, 1.165) is 27.7 Å². The van der Waals surface area contributed by atoms with Crippen LogP contribution in [0.5, 0.6) is 0 Å². The van der Waals surface area contributed by atoms with Gasteiger partial charge in [0.15, 0.2) is 5.82 Å². The molecule has 0 atom stereocenters. The first-order valence-corrected chi connectivity index (χ1v) is 7.37. The first-order valence-electron chi connectivity index (χ1n) is 7.37. The number of allylic oxidation sites excluding steroid dienone is 1. The number of pyridine rings is 2. The van der Waals surface area contributed by atoms with Crippen molar-refractivity contribution in [3.05, 3.63) is 54.0 Å². The number of anilines is 2. The second-order valence-corrected chi connectivity index (χ2v) is 5.21. The van der Waals surface area contributed by atoms with E-state index in [1.165, 1.54) is 6.20 Å². The highest BCUT2D eigenvalue weighted by Gasteiger charge is 2.05. The predicted octanol–water partition coefficient (Wildman–Crippen LogP) is 2.47. The largest absolute Gasteiger partial charge is 0.404 e. The standard InChI is InChI=1S/C17H17N7/c1-11-5-17(24-21-8-11)23-16-4-3-14-15(22-16)6-12(10-20-14)13(7-18)9-19-2/h3-10H,18H2,1-2H3,(H,22,23,24). The molecule has 0 aliphatic heterocycles. The minimum atomic E-state index is 0.645. The molecule has 7 nitrogen and oxygen atoms in total. The van der Waals surface area contributed by atoms with E-state index in [1.807, 2.05) is 31.2 Å². The number of fused-ring (bicyclic) bond motifs is 1. The van der Waals surface area contributed by atoms with Crippen LogP contribution in [0.2, 0.25) is 0 Å². The van der Waals surface area contributed by atoms with Crippen LogP contribution in [0, 0.1) is 6.92 Å². The quantitative estimate of drug-likeness (QED) is 0.716. The topological polar surface area (TPSA) is 102 Å². The van der Waals surface area contributed by atoms with E-state index in [9.17, 15) is 0 Å². The monoisotopic (exact) mass is 319 g/mol. The first-order chi connectivity index (χ1) is 11.7. The van der Waals surface area contributed by atoms with Crippen molar-refractivity contribution in [3.8, 4) is 0 Å². The van der Waals surface area contributed by atoms with Crippen LogP contribution in [0.3, 0.4) is 0 Å². The molecule has 0 saturated heterocycles. The lowest BCUT2D eigenvalue weighted by Gasteiger charge is -2.07. The number of rotatable bonds is 4. The Hall–Kier alpha value is -3.35. The molecular formula is C17H17N7. The molecule has 0 fully saturated rings. The summed E-state index contributed by atoms with van der Waals surface area (Å²) in [6.45, 7) is 1.96. The summed E-state index contributed by atoms with van der Waals surface area (Å²) < 4.78 is 0. The van der Waals surface area contributed by atoms with Gasteiger partial charge in [-0.05, 0) is 36.8 Å². The van der Waals surface area contributed by atoms with Crippen LogP contribution in [-0.2, 0) is 0 Å². The molecule has 3 N–H and O–H groups in total. The highest BCUT2D eigenvalue weighted by atomic mass is 15.2. The average Bonchev–Trinajstić information content (AvgIpc) is 2.59. The van der Waals surface area contributed by atoms with E-state index >= 15 is 0 Å². The SMILES string of the molecule is CN=CC(=CN)c1cnc2ccc(Nc3cc(C)cnn3)nc2c1. The fourth-order valence-electron chi connectivity index (χ4n) is 2.24. The Kier molecular flexibility index (Phi) is 4.42. The van der Waals surface area contributed by atoms with Gasteiger partial charge >= 0.3 is 0 Å². The molecule has 0 spiro atoms. The van der Waals surface area contributed by atoms with Crippen molar-refractivity contribution >= 4 is 34.5 Å². The van der Waals surface area contributed by atoms with Crippen LogP contribution in [-0.4, -0.2) is 33.4 Å². The van der Waals surface area contributed by atoms with Crippen molar-refractivity contribution in [1.29, 1.82) is 0 Å². The molecule has 0 aliphatic carbocycles. The molecule has 0 aromatic carbocycles. The molecule has 0 amide bonds. The molecule has 0 aliphatic rings. The number of hydrogen-bond donors (Lipinski definition) is 2. The Labute approximate surface area is 139 Å². The lowest BCUT2D eigenvalue weighted by Crippen LogP contribution is -1.99. The summed E-state index contributed by atoms with van der Waals surface area (Å²) in [6.07, 6.45) is 6.64. The minimum Gasteiger partial charge on any atom is -0.404 e. The van der Waals surface area contributed by atoms with Crippen molar-refractivity contribution in [3.63, 3.8) is 0 Å². The summed E-state index contributed by atoms with van der Waals surface area (Å²) in [5.41, 5.74) is 9.87. The Morgan fingerprint density at radius 3 is 2.79 bits per heavy atom. The summed E-state index contributed by atoms with van der Waals surface area (Å²) in [6, 6.07) is 7.58. The summed E-state index contributed by atoms with van der Waals surface area (Å²) in [7, 11) is 1.70. The average molecular weight is 319 g/mol. The number of nitrogens with zero attached hydrogens (tertiary/aromatic N) is 5. The van der Waals surface area contributed by atoms with Gasteiger partial charge in [0.25, 0.3) is 0 Å². The Morgan fingerprint density at radius 2 is 2.04 bits per heavy atom. The summed E-state index contributed by atoms with van der Waals surface area (Å²) in [5, 5.41) is 11.1. The minimum absolute atomic E-state index is 0.645. The van der Waals surface area contributed by atoms with Gasteiger partial charge < -0.3 is 11.1 Å². The molecule has 0 saturated carbocycles. The van der Waals surface area contributed by atoms with Crippen LogP contribution in [0.15, 0.2) is 47.9 Å². The van der Waals surface area contributed by atoms with Gasteiger partial charge in [0.2, 0.25) is 0 Å². The summed E-state index contributed by atoms with van der Waals surface area (Å²) in [4.78, 5) is 13.0. The third-order valence-corrected chi connectivity index (χ3v) is 3.37. The lowest BCUT2D eigenvalue weighted by atomic mass is 10.1. The van der Waals surface area contributed by atoms with Gasteiger partial charge in [0.1, 0.15) is 5.82 Å². The van der Waals surface area contributed by atoms with E-state index in [4.69, 9.17) is 5.73 Å². The molecule has 0 bridgehead atoms. The van der Waals surface area contributed by atoms with Crippen molar-refractivity contribution in [2.75, 3.05) is 12.4 Å².